The van der Waals surface area contributed by atoms with Gasteiger partial charge < -0.3 is 10.1 Å². The van der Waals surface area contributed by atoms with Crippen molar-refractivity contribution >= 4 is 0 Å². The summed E-state index contributed by atoms with van der Waals surface area (Å²) in [4.78, 5) is 2.56. The molecule has 1 fully saturated rings. The van der Waals surface area contributed by atoms with Crippen LogP contribution >= 0.6 is 0 Å². The van der Waals surface area contributed by atoms with E-state index in [0.29, 0.717) is 6.04 Å². The molecule has 0 spiro atoms. The fourth-order valence-electron chi connectivity index (χ4n) is 2.57. The fraction of sp³-hybridized carbons (Fsp3) is 1.00. The van der Waals surface area contributed by atoms with Crippen LogP contribution in [0.15, 0.2) is 0 Å². The molecule has 1 atom stereocenters. The minimum Gasteiger partial charge on any atom is -0.379 e. The van der Waals surface area contributed by atoms with Crippen molar-refractivity contribution in [1.82, 2.24) is 10.2 Å². The lowest BCUT2D eigenvalue weighted by atomic mass is 9.89. The van der Waals surface area contributed by atoms with E-state index in [4.69, 9.17) is 4.74 Å². The van der Waals surface area contributed by atoms with Gasteiger partial charge in [-0.05, 0) is 33.2 Å². The minimum atomic E-state index is 0.230. The number of ether oxygens (including phenoxy) is 1. The van der Waals surface area contributed by atoms with Crippen molar-refractivity contribution in [3.8, 4) is 0 Å². The second-order valence-electron chi connectivity index (χ2n) is 5.17. The van der Waals surface area contributed by atoms with Crippen molar-refractivity contribution in [3.63, 3.8) is 0 Å². The molecular weight excluding hydrogens is 200 g/mol. The van der Waals surface area contributed by atoms with Crippen molar-refractivity contribution in [2.24, 2.45) is 0 Å². The normalized spacial score (nSPS) is 21.0. The highest BCUT2D eigenvalue weighted by atomic mass is 16.5. The highest BCUT2D eigenvalue weighted by Gasteiger charge is 2.34. The Balaban J connectivity index is 2.56. The lowest BCUT2D eigenvalue weighted by Gasteiger charge is -2.46. The largest absolute Gasteiger partial charge is 0.379 e. The lowest BCUT2D eigenvalue weighted by Crippen LogP contribution is -2.60. The molecule has 0 bridgehead atoms. The molecule has 1 rings (SSSR count). The van der Waals surface area contributed by atoms with Gasteiger partial charge in [0, 0.05) is 24.7 Å². The van der Waals surface area contributed by atoms with Gasteiger partial charge in [-0.15, -0.1) is 0 Å². The van der Waals surface area contributed by atoms with Gasteiger partial charge in [-0.25, -0.2) is 0 Å². The van der Waals surface area contributed by atoms with Gasteiger partial charge in [0.1, 0.15) is 0 Å². The van der Waals surface area contributed by atoms with E-state index in [1.54, 1.807) is 0 Å². The Bertz CT molecular complexity index is 188. The standard InChI is InChI=1S/C13H28N2O/c1-5-7-14-12(6-2)13(3,4)15-8-10-16-11-9-15/h12,14H,5-11H2,1-4H3. The van der Waals surface area contributed by atoms with E-state index in [1.165, 1.54) is 12.8 Å². The lowest BCUT2D eigenvalue weighted by molar-refractivity contribution is -0.0237. The van der Waals surface area contributed by atoms with Gasteiger partial charge in [-0.3, -0.25) is 4.90 Å². The third-order valence-corrected chi connectivity index (χ3v) is 3.73. The van der Waals surface area contributed by atoms with Crippen molar-refractivity contribution < 1.29 is 4.74 Å². The maximum atomic E-state index is 5.43. The van der Waals surface area contributed by atoms with Crippen LogP contribution in [0, 0.1) is 0 Å². The van der Waals surface area contributed by atoms with Gasteiger partial charge in [0.05, 0.1) is 13.2 Å². The van der Waals surface area contributed by atoms with Crippen LogP contribution in [0.5, 0.6) is 0 Å². The Morgan fingerprint density at radius 2 is 1.88 bits per heavy atom. The van der Waals surface area contributed by atoms with E-state index in [0.717, 1.165) is 32.8 Å². The number of hydrogen-bond donors (Lipinski definition) is 1. The summed E-state index contributed by atoms with van der Waals surface area (Å²) in [5.74, 6) is 0. The fourth-order valence-corrected chi connectivity index (χ4v) is 2.57. The molecule has 1 saturated heterocycles. The average Bonchev–Trinajstić information content (AvgIpc) is 2.31. The van der Waals surface area contributed by atoms with Crippen molar-refractivity contribution in [3.05, 3.63) is 0 Å². The van der Waals surface area contributed by atoms with Crippen LogP contribution in [0.2, 0.25) is 0 Å². The number of nitrogens with one attached hydrogen (secondary N) is 1. The van der Waals surface area contributed by atoms with E-state index in [2.05, 4.69) is 37.9 Å². The topological polar surface area (TPSA) is 24.5 Å². The van der Waals surface area contributed by atoms with Gasteiger partial charge in [0.15, 0.2) is 0 Å². The predicted molar refractivity (Wildman–Crippen MR) is 68.8 cm³/mol. The summed E-state index contributed by atoms with van der Waals surface area (Å²) in [6, 6.07) is 0.575. The molecule has 1 aliphatic rings. The van der Waals surface area contributed by atoms with E-state index < -0.39 is 0 Å². The molecule has 3 nitrogen and oxygen atoms in total. The van der Waals surface area contributed by atoms with Crippen LogP contribution in [0.25, 0.3) is 0 Å². The number of rotatable bonds is 6. The highest BCUT2D eigenvalue weighted by Crippen LogP contribution is 2.22. The van der Waals surface area contributed by atoms with Crippen molar-refractivity contribution in [2.75, 3.05) is 32.8 Å². The maximum absolute atomic E-state index is 5.43. The first-order valence-corrected chi connectivity index (χ1v) is 6.69. The molecule has 0 aliphatic carbocycles. The molecule has 1 aliphatic heterocycles. The Labute approximate surface area is 101 Å². The summed E-state index contributed by atoms with van der Waals surface area (Å²) in [6.07, 6.45) is 2.39. The van der Waals surface area contributed by atoms with Crippen molar-refractivity contribution in [1.29, 1.82) is 0 Å². The average molecular weight is 228 g/mol. The molecule has 0 aromatic carbocycles. The summed E-state index contributed by atoms with van der Waals surface area (Å²) < 4.78 is 5.43. The van der Waals surface area contributed by atoms with E-state index >= 15 is 0 Å². The van der Waals surface area contributed by atoms with Gasteiger partial charge in [0.25, 0.3) is 0 Å². The summed E-state index contributed by atoms with van der Waals surface area (Å²) in [5.41, 5.74) is 0.230. The predicted octanol–water partition coefficient (Wildman–Crippen LogP) is 1.88. The Morgan fingerprint density at radius 3 is 2.38 bits per heavy atom. The molecular formula is C13H28N2O. The summed E-state index contributed by atoms with van der Waals surface area (Å²) in [7, 11) is 0. The first-order chi connectivity index (χ1) is 7.62. The Kier molecular flexibility index (Phi) is 5.73. The van der Waals surface area contributed by atoms with Crippen LogP contribution in [-0.4, -0.2) is 49.3 Å². The zero-order valence-corrected chi connectivity index (χ0v) is 11.4. The molecule has 96 valence electrons. The third kappa shape index (κ3) is 3.44. The molecule has 0 aromatic rings. The van der Waals surface area contributed by atoms with E-state index in [9.17, 15) is 0 Å². The Hall–Kier alpha value is -0.120. The number of hydrogen-bond acceptors (Lipinski definition) is 3. The van der Waals surface area contributed by atoms with Gasteiger partial charge in [-0.2, -0.15) is 0 Å². The molecule has 0 amide bonds. The van der Waals surface area contributed by atoms with Crippen LogP contribution in [-0.2, 0) is 4.74 Å². The van der Waals surface area contributed by atoms with E-state index in [-0.39, 0.29) is 5.54 Å². The summed E-state index contributed by atoms with van der Waals surface area (Å²) in [6.45, 7) is 14.2. The Morgan fingerprint density at radius 1 is 1.25 bits per heavy atom. The first kappa shape index (κ1) is 13.9. The molecule has 0 radical (unpaired) electrons. The number of morpholine rings is 1. The summed E-state index contributed by atoms with van der Waals surface area (Å²) in [5, 5.41) is 3.67. The second kappa shape index (κ2) is 6.58. The monoisotopic (exact) mass is 228 g/mol. The maximum Gasteiger partial charge on any atom is 0.0594 e. The molecule has 0 aromatic heterocycles. The van der Waals surface area contributed by atoms with Crippen LogP contribution in [0.1, 0.15) is 40.5 Å². The SMILES string of the molecule is CCCNC(CC)C(C)(C)N1CCOCC1. The molecule has 0 saturated carbocycles. The second-order valence-corrected chi connectivity index (χ2v) is 5.17. The minimum absolute atomic E-state index is 0.230. The van der Waals surface area contributed by atoms with Gasteiger partial charge in [-0.1, -0.05) is 13.8 Å². The molecule has 3 heteroatoms. The molecule has 16 heavy (non-hydrogen) atoms. The molecule has 1 heterocycles. The number of nitrogens with zero attached hydrogens (tertiary/aromatic N) is 1. The molecule has 1 N–H and O–H groups in total. The third-order valence-electron chi connectivity index (χ3n) is 3.73. The first-order valence-electron chi connectivity index (χ1n) is 6.69. The van der Waals surface area contributed by atoms with Crippen LogP contribution in [0.3, 0.4) is 0 Å². The van der Waals surface area contributed by atoms with Gasteiger partial charge >= 0.3 is 0 Å². The van der Waals surface area contributed by atoms with E-state index in [1.807, 2.05) is 0 Å². The van der Waals surface area contributed by atoms with Crippen LogP contribution in [0.4, 0.5) is 0 Å². The highest BCUT2D eigenvalue weighted by molar-refractivity contribution is 4.93. The smallest absolute Gasteiger partial charge is 0.0594 e. The molecule has 1 unspecified atom stereocenters. The summed E-state index contributed by atoms with van der Waals surface area (Å²) >= 11 is 0. The van der Waals surface area contributed by atoms with Crippen molar-refractivity contribution in [2.45, 2.75) is 52.1 Å². The van der Waals surface area contributed by atoms with Crippen LogP contribution < -0.4 is 5.32 Å². The quantitative estimate of drug-likeness (QED) is 0.751. The zero-order valence-electron chi connectivity index (χ0n) is 11.4. The zero-order chi connectivity index (χ0) is 12.0. The van der Waals surface area contributed by atoms with Gasteiger partial charge in [0.2, 0.25) is 0 Å².